The van der Waals surface area contributed by atoms with Gasteiger partial charge in [0.05, 0.1) is 17.7 Å². The number of carbonyl (C=O) groups is 1. The van der Waals surface area contributed by atoms with Crippen LogP contribution in [-0.4, -0.2) is 5.97 Å². The first-order chi connectivity index (χ1) is 9.22. The zero-order chi connectivity index (χ0) is 13.7. The van der Waals surface area contributed by atoms with Gasteiger partial charge in [0.25, 0.3) is 0 Å². The van der Waals surface area contributed by atoms with E-state index in [0.29, 0.717) is 4.90 Å². The average Bonchev–Trinajstić information content (AvgIpc) is 2.48. The molecular formula is C13H8FNO3S. The number of hydrogen-bond acceptors (Lipinski definition) is 5. The van der Waals surface area contributed by atoms with Crippen LogP contribution in [0.1, 0.15) is 10.4 Å². The molecule has 19 heavy (non-hydrogen) atoms. The minimum Gasteiger partial charge on any atom is -0.423 e. The van der Waals surface area contributed by atoms with Crippen molar-refractivity contribution >= 4 is 23.8 Å². The maximum Gasteiger partial charge on any atom is 0.343 e. The summed E-state index contributed by atoms with van der Waals surface area (Å²) in [6, 6.07) is 11.8. The van der Waals surface area contributed by atoms with E-state index in [1.807, 2.05) is 0 Å². The maximum absolute atomic E-state index is 12.4. The Morgan fingerprint density at radius 2 is 1.89 bits per heavy atom. The van der Waals surface area contributed by atoms with Crippen molar-refractivity contribution in [1.29, 1.82) is 0 Å². The monoisotopic (exact) mass is 277 g/mol. The van der Waals surface area contributed by atoms with Gasteiger partial charge >= 0.3 is 5.97 Å². The van der Waals surface area contributed by atoms with Crippen molar-refractivity contribution in [2.45, 2.75) is 4.90 Å². The predicted octanol–water partition coefficient (Wildman–Crippen LogP) is 4.28. The van der Waals surface area contributed by atoms with Gasteiger partial charge < -0.3 is 4.74 Å². The molecule has 4 nitrogen and oxygen atoms in total. The van der Waals surface area contributed by atoms with Gasteiger partial charge in [-0.05, 0) is 47.6 Å². The van der Waals surface area contributed by atoms with E-state index >= 15 is 0 Å². The molecule has 96 valence electrons. The maximum atomic E-state index is 12.4. The molecular weight excluding hydrogens is 269 g/mol. The van der Waals surface area contributed by atoms with E-state index in [4.69, 9.17) is 4.74 Å². The largest absolute Gasteiger partial charge is 0.423 e. The Morgan fingerprint density at radius 3 is 2.53 bits per heavy atom. The van der Waals surface area contributed by atoms with Crippen molar-refractivity contribution in [2.24, 2.45) is 5.18 Å². The lowest BCUT2D eigenvalue weighted by Crippen LogP contribution is -2.08. The van der Waals surface area contributed by atoms with E-state index in [1.165, 1.54) is 36.4 Å². The third-order valence-corrected chi connectivity index (χ3v) is 2.74. The average molecular weight is 277 g/mol. The van der Waals surface area contributed by atoms with Crippen LogP contribution in [0.15, 0.2) is 58.6 Å². The van der Waals surface area contributed by atoms with Crippen molar-refractivity contribution < 1.29 is 13.4 Å². The number of nitrogens with zero attached hydrogens (tertiary/aromatic N) is 1. The van der Waals surface area contributed by atoms with Gasteiger partial charge in [0.2, 0.25) is 0 Å². The van der Waals surface area contributed by atoms with Gasteiger partial charge in [-0.3, -0.25) is 0 Å². The molecule has 0 aliphatic rings. The minimum atomic E-state index is -0.595. The van der Waals surface area contributed by atoms with Crippen LogP contribution in [0, 0.1) is 4.91 Å². The molecule has 0 radical (unpaired) electrons. The summed E-state index contributed by atoms with van der Waals surface area (Å²) in [7, 11) is 0. The second-order valence-electron chi connectivity index (χ2n) is 3.58. The predicted molar refractivity (Wildman–Crippen MR) is 70.3 cm³/mol. The lowest BCUT2D eigenvalue weighted by atomic mass is 10.2. The zero-order valence-corrected chi connectivity index (χ0v) is 10.4. The Bertz CT molecular complexity index is 601. The molecule has 2 aromatic rings. The van der Waals surface area contributed by atoms with Crippen molar-refractivity contribution in [3.8, 4) is 5.75 Å². The first-order valence-corrected chi connectivity index (χ1v) is 5.99. The Hall–Kier alpha value is -2.21. The minimum absolute atomic E-state index is 0.0567. The standard InChI is InChI=1S/C13H8FNO3S/c14-19-12-3-1-2-9(8-12)13(16)18-11-6-4-10(15-17)5-7-11/h1-8H. The zero-order valence-electron chi connectivity index (χ0n) is 9.58. The number of hydrogen-bond donors (Lipinski definition) is 0. The fourth-order valence-electron chi connectivity index (χ4n) is 1.41. The van der Waals surface area contributed by atoms with E-state index < -0.39 is 5.97 Å². The molecule has 0 N–H and O–H groups in total. The van der Waals surface area contributed by atoms with Crippen LogP contribution < -0.4 is 4.74 Å². The Labute approximate surface area is 112 Å². The van der Waals surface area contributed by atoms with Gasteiger partial charge in [0.15, 0.2) is 0 Å². The van der Waals surface area contributed by atoms with E-state index in [0.717, 1.165) is 0 Å². The topological polar surface area (TPSA) is 55.7 Å². The number of benzene rings is 2. The SMILES string of the molecule is O=Nc1ccc(OC(=O)c2cccc(SF)c2)cc1. The quantitative estimate of drug-likeness (QED) is 0.475. The summed E-state index contributed by atoms with van der Waals surface area (Å²) in [5.74, 6) is -0.307. The van der Waals surface area contributed by atoms with Crippen LogP contribution in [-0.2, 0) is 0 Å². The lowest BCUT2D eigenvalue weighted by molar-refractivity contribution is 0.0734. The van der Waals surface area contributed by atoms with Crippen molar-refractivity contribution in [3.05, 3.63) is 59.0 Å². The lowest BCUT2D eigenvalue weighted by Gasteiger charge is -2.04. The molecule has 0 heterocycles. The summed E-state index contributed by atoms with van der Waals surface area (Å²) < 4.78 is 17.5. The molecule has 2 aromatic carbocycles. The smallest absolute Gasteiger partial charge is 0.343 e. The number of nitroso groups, excluding NO2 is 1. The Balaban J connectivity index is 2.13. The van der Waals surface area contributed by atoms with E-state index in [9.17, 15) is 13.6 Å². The second kappa shape index (κ2) is 6.10. The first-order valence-electron chi connectivity index (χ1n) is 5.27. The molecule has 2 rings (SSSR count). The summed E-state index contributed by atoms with van der Waals surface area (Å²) >= 11 is 0.0567. The molecule has 0 aromatic heterocycles. The van der Waals surface area contributed by atoms with Crippen LogP contribution in [0.5, 0.6) is 5.75 Å². The van der Waals surface area contributed by atoms with Crippen molar-refractivity contribution in [2.75, 3.05) is 0 Å². The van der Waals surface area contributed by atoms with Gasteiger partial charge in [-0.15, -0.1) is 4.91 Å². The van der Waals surface area contributed by atoms with Gasteiger partial charge in [0, 0.05) is 4.90 Å². The highest BCUT2D eigenvalue weighted by Crippen LogP contribution is 2.22. The molecule has 0 saturated heterocycles. The summed E-state index contributed by atoms with van der Waals surface area (Å²) in [5.41, 5.74) is 0.496. The van der Waals surface area contributed by atoms with Crippen molar-refractivity contribution in [3.63, 3.8) is 0 Å². The highest BCUT2D eigenvalue weighted by Gasteiger charge is 2.09. The third-order valence-electron chi connectivity index (χ3n) is 2.31. The van der Waals surface area contributed by atoms with Gasteiger partial charge in [-0.2, -0.15) is 3.89 Å². The fourth-order valence-corrected chi connectivity index (χ4v) is 1.71. The molecule has 0 aliphatic heterocycles. The Morgan fingerprint density at radius 1 is 1.16 bits per heavy atom. The molecule has 0 aliphatic carbocycles. The van der Waals surface area contributed by atoms with Crippen LogP contribution in [0.2, 0.25) is 0 Å². The number of esters is 1. The molecule has 0 bridgehead atoms. The molecule has 0 amide bonds. The van der Waals surface area contributed by atoms with Crippen molar-refractivity contribution in [1.82, 2.24) is 0 Å². The van der Waals surface area contributed by atoms with Gasteiger partial charge in [-0.25, -0.2) is 4.79 Å². The fraction of sp³-hybridized carbons (Fsp3) is 0. The highest BCUT2D eigenvalue weighted by atomic mass is 32.2. The van der Waals surface area contributed by atoms with Crippen LogP contribution in [0.3, 0.4) is 0 Å². The van der Waals surface area contributed by atoms with E-state index in [1.54, 1.807) is 12.1 Å². The van der Waals surface area contributed by atoms with E-state index in [-0.39, 0.29) is 29.1 Å². The van der Waals surface area contributed by atoms with Crippen LogP contribution in [0.25, 0.3) is 0 Å². The second-order valence-corrected chi connectivity index (χ2v) is 4.21. The number of carbonyl (C=O) groups excluding carboxylic acids is 1. The normalized spacial score (nSPS) is 9.95. The van der Waals surface area contributed by atoms with E-state index in [2.05, 4.69) is 5.18 Å². The van der Waals surface area contributed by atoms with Crippen LogP contribution >= 0.6 is 12.1 Å². The summed E-state index contributed by atoms with van der Waals surface area (Å²) in [6.45, 7) is 0. The third kappa shape index (κ3) is 3.38. The molecule has 0 spiro atoms. The summed E-state index contributed by atoms with van der Waals surface area (Å²) in [6.07, 6.45) is 0. The number of rotatable bonds is 4. The highest BCUT2D eigenvalue weighted by molar-refractivity contribution is 7.94. The summed E-state index contributed by atoms with van der Waals surface area (Å²) in [5, 5.41) is 2.74. The molecule has 0 saturated carbocycles. The molecule has 6 heteroatoms. The van der Waals surface area contributed by atoms with Gasteiger partial charge in [0.1, 0.15) is 11.4 Å². The number of halogens is 1. The first kappa shape index (κ1) is 13.2. The molecule has 0 fully saturated rings. The Kier molecular flexibility index (Phi) is 4.25. The molecule has 0 unspecified atom stereocenters. The number of ether oxygens (including phenoxy) is 1. The summed E-state index contributed by atoms with van der Waals surface area (Å²) in [4.78, 5) is 22.4. The van der Waals surface area contributed by atoms with Crippen LogP contribution in [0.4, 0.5) is 9.57 Å². The molecule has 0 atom stereocenters. The van der Waals surface area contributed by atoms with Gasteiger partial charge in [-0.1, -0.05) is 6.07 Å².